The van der Waals surface area contributed by atoms with E-state index in [1.807, 2.05) is 18.2 Å². The zero-order valence-electron chi connectivity index (χ0n) is 13.8. The lowest BCUT2D eigenvalue weighted by molar-refractivity contribution is 0.952. The molecule has 5 heteroatoms. The van der Waals surface area contributed by atoms with Gasteiger partial charge >= 0.3 is 0 Å². The molecule has 0 saturated carbocycles. The second-order valence-electron chi connectivity index (χ2n) is 6.09. The molecule has 0 radical (unpaired) electrons. The molecule has 0 saturated heterocycles. The van der Waals surface area contributed by atoms with Gasteiger partial charge in [0.25, 0.3) is 0 Å². The van der Waals surface area contributed by atoms with Gasteiger partial charge in [0.15, 0.2) is 5.16 Å². The van der Waals surface area contributed by atoms with Crippen LogP contribution in [0.2, 0.25) is 0 Å². The van der Waals surface area contributed by atoms with Crippen molar-refractivity contribution in [2.24, 2.45) is 0 Å². The Morgan fingerprint density at radius 2 is 1.54 bits per heavy atom. The van der Waals surface area contributed by atoms with Crippen molar-refractivity contribution in [3.05, 3.63) is 82.8 Å². The zero-order valence-corrected chi connectivity index (χ0v) is 16.2. The van der Waals surface area contributed by atoms with Crippen molar-refractivity contribution in [1.29, 1.82) is 0 Å². The second kappa shape index (κ2) is 6.41. The van der Waals surface area contributed by atoms with Gasteiger partial charge in [-0.05, 0) is 42.0 Å². The van der Waals surface area contributed by atoms with Crippen LogP contribution in [0.25, 0.3) is 27.6 Å². The summed E-state index contributed by atoms with van der Waals surface area (Å²) in [6, 6.07) is 24.9. The summed E-state index contributed by atoms with van der Waals surface area (Å²) in [5, 5.41) is 2.05. The standard InChI is InChI=1S/C21H14BrN3S/c22-15-11-9-14(10-12-15)13-26-21-24-17-6-2-1-5-16(17)20-23-18-7-3-4-8-19(18)25(20)21/h1-12H,13H2. The molecule has 5 aromatic rings. The Balaban J connectivity index is 1.70. The van der Waals surface area contributed by atoms with E-state index < -0.39 is 0 Å². The summed E-state index contributed by atoms with van der Waals surface area (Å²) in [6.07, 6.45) is 0. The average molecular weight is 420 g/mol. The predicted molar refractivity (Wildman–Crippen MR) is 112 cm³/mol. The monoisotopic (exact) mass is 419 g/mol. The lowest BCUT2D eigenvalue weighted by Crippen LogP contribution is -1.97. The van der Waals surface area contributed by atoms with E-state index in [0.717, 1.165) is 43.0 Å². The fourth-order valence-corrected chi connectivity index (χ4v) is 4.37. The van der Waals surface area contributed by atoms with Crippen LogP contribution in [0.1, 0.15) is 5.56 Å². The third-order valence-corrected chi connectivity index (χ3v) is 5.93. The van der Waals surface area contributed by atoms with Crippen LogP contribution in [0.5, 0.6) is 0 Å². The molecule has 0 spiro atoms. The van der Waals surface area contributed by atoms with E-state index in [2.05, 4.69) is 74.9 Å². The lowest BCUT2D eigenvalue weighted by Gasteiger charge is -2.08. The number of hydrogen-bond donors (Lipinski definition) is 0. The highest BCUT2D eigenvalue weighted by Gasteiger charge is 2.14. The molecule has 0 amide bonds. The van der Waals surface area contributed by atoms with E-state index in [0.29, 0.717) is 0 Å². The Morgan fingerprint density at radius 3 is 2.38 bits per heavy atom. The molecular weight excluding hydrogens is 406 g/mol. The first kappa shape index (κ1) is 15.9. The average Bonchev–Trinajstić information content (AvgIpc) is 3.07. The first-order valence-corrected chi connectivity index (χ1v) is 10.1. The lowest BCUT2D eigenvalue weighted by atomic mass is 10.2. The molecule has 126 valence electrons. The number of halogens is 1. The van der Waals surface area contributed by atoms with Gasteiger partial charge in [0, 0.05) is 15.6 Å². The normalized spacial score (nSPS) is 11.6. The van der Waals surface area contributed by atoms with Gasteiger partial charge in [-0.3, -0.25) is 4.40 Å². The molecule has 0 aliphatic rings. The van der Waals surface area contributed by atoms with Gasteiger partial charge < -0.3 is 0 Å². The van der Waals surface area contributed by atoms with Gasteiger partial charge in [0.2, 0.25) is 0 Å². The highest BCUT2D eigenvalue weighted by atomic mass is 79.9. The molecule has 0 unspecified atom stereocenters. The number of thioether (sulfide) groups is 1. The highest BCUT2D eigenvalue weighted by Crippen LogP contribution is 2.30. The molecule has 0 fully saturated rings. The molecule has 3 aromatic carbocycles. The summed E-state index contributed by atoms with van der Waals surface area (Å²) in [4.78, 5) is 9.81. The number of nitrogens with zero attached hydrogens (tertiary/aromatic N) is 3. The van der Waals surface area contributed by atoms with Gasteiger partial charge in [0.05, 0.1) is 16.6 Å². The number of fused-ring (bicyclic) bond motifs is 5. The molecule has 0 N–H and O–H groups in total. The summed E-state index contributed by atoms with van der Waals surface area (Å²) >= 11 is 5.23. The van der Waals surface area contributed by atoms with E-state index in [1.54, 1.807) is 11.8 Å². The zero-order chi connectivity index (χ0) is 17.5. The first-order valence-electron chi connectivity index (χ1n) is 8.33. The molecule has 26 heavy (non-hydrogen) atoms. The topological polar surface area (TPSA) is 30.2 Å². The minimum atomic E-state index is 0.861. The summed E-state index contributed by atoms with van der Waals surface area (Å²) in [7, 11) is 0. The Bertz CT molecular complexity index is 1250. The maximum atomic E-state index is 4.94. The van der Waals surface area contributed by atoms with Crippen molar-refractivity contribution < 1.29 is 0 Å². The number of aromatic nitrogens is 3. The summed E-state index contributed by atoms with van der Waals surface area (Å²) in [5.41, 5.74) is 5.31. The molecule has 0 aliphatic carbocycles. The van der Waals surface area contributed by atoms with Crippen molar-refractivity contribution in [2.45, 2.75) is 10.9 Å². The van der Waals surface area contributed by atoms with Gasteiger partial charge in [-0.2, -0.15) is 0 Å². The van der Waals surface area contributed by atoms with Gasteiger partial charge in [-0.1, -0.05) is 64.1 Å². The van der Waals surface area contributed by atoms with Gasteiger partial charge in [0.1, 0.15) is 5.65 Å². The maximum absolute atomic E-state index is 4.94. The van der Waals surface area contributed by atoms with E-state index in [4.69, 9.17) is 9.97 Å². The molecule has 2 heterocycles. The number of rotatable bonds is 3. The van der Waals surface area contributed by atoms with Gasteiger partial charge in [-0.15, -0.1) is 0 Å². The number of imidazole rings is 1. The van der Waals surface area contributed by atoms with Crippen LogP contribution in [0, 0.1) is 0 Å². The Kier molecular flexibility index (Phi) is 3.91. The highest BCUT2D eigenvalue weighted by molar-refractivity contribution is 9.10. The minimum absolute atomic E-state index is 0.861. The number of para-hydroxylation sites is 3. The smallest absolute Gasteiger partial charge is 0.175 e. The first-order chi connectivity index (χ1) is 12.8. The van der Waals surface area contributed by atoms with E-state index in [1.165, 1.54) is 5.56 Å². The molecular formula is C21H14BrN3S. The van der Waals surface area contributed by atoms with Crippen LogP contribution in [-0.4, -0.2) is 14.4 Å². The van der Waals surface area contributed by atoms with E-state index in [-0.39, 0.29) is 0 Å². The van der Waals surface area contributed by atoms with Crippen LogP contribution in [0.4, 0.5) is 0 Å². The van der Waals surface area contributed by atoms with Crippen LogP contribution in [-0.2, 0) is 5.75 Å². The quantitative estimate of drug-likeness (QED) is 0.261. The predicted octanol–water partition coefficient (Wildman–Crippen LogP) is 6.09. The molecule has 0 atom stereocenters. The van der Waals surface area contributed by atoms with E-state index >= 15 is 0 Å². The maximum Gasteiger partial charge on any atom is 0.175 e. The van der Waals surface area contributed by atoms with Crippen LogP contribution in [0.15, 0.2) is 82.4 Å². The van der Waals surface area contributed by atoms with Gasteiger partial charge in [-0.25, -0.2) is 9.97 Å². The Hall–Kier alpha value is -2.37. The molecule has 5 rings (SSSR count). The van der Waals surface area contributed by atoms with E-state index in [9.17, 15) is 0 Å². The summed E-state index contributed by atoms with van der Waals surface area (Å²) < 4.78 is 3.28. The fraction of sp³-hybridized carbons (Fsp3) is 0.0476. The van der Waals surface area contributed by atoms with Crippen molar-refractivity contribution >= 4 is 55.3 Å². The van der Waals surface area contributed by atoms with Crippen LogP contribution in [0.3, 0.4) is 0 Å². The molecule has 0 aliphatic heterocycles. The summed E-state index contributed by atoms with van der Waals surface area (Å²) in [5.74, 6) is 0.861. The third kappa shape index (κ3) is 2.68. The Labute approximate surface area is 163 Å². The minimum Gasteiger partial charge on any atom is -0.271 e. The van der Waals surface area contributed by atoms with Crippen LogP contribution < -0.4 is 0 Å². The van der Waals surface area contributed by atoms with Crippen molar-refractivity contribution in [3.63, 3.8) is 0 Å². The second-order valence-corrected chi connectivity index (χ2v) is 7.94. The largest absolute Gasteiger partial charge is 0.271 e. The number of hydrogen-bond acceptors (Lipinski definition) is 3. The van der Waals surface area contributed by atoms with Crippen molar-refractivity contribution in [1.82, 2.24) is 14.4 Å². The molecule has 0 bridgehead atoms. The Morgan fingerprint density at radius 1 is 0.808 bits per heavy atom. The molecule has 3 nitrogen and oxygen atoms in total. The van der Waals surface area contributed by atoms with Crippen molar-refractivity contribution in [2.75, 3.05) is 0 Å². The van der Waals surface area contributed by atoms with Crippen LogP contribution >= 0.6 is 27.7 Å². The SMILES string of the molecule is Brc1ccc(CSc2nc3ccccc3c3nc4ccccc4n23)cc1. The fourth-order valence-electron chi connectivity index (χ4n) is 3.14. The molecule has 2 aromatic heterocycles. The summed E-state index contributed by atoms with van der Waals surface area (Å²) in [6.45, 7) is 0. The number of benzene rings is 3. The van der Waals surface area contributed by atoms with Crippen molar-refractivity contribution in [3.8, 4) is 0 Å². The third-order valence-electron chi connectivity index (χ3n) is 4.39.